The van der Waals surface area contributed by atoms with Gasteiger partial charge in [-0.2, -0.15) is 0 Å². The van der Waals surface area contributed by atoms with Crippen LogP contribution < -0.4 is 10.5 Å². The van der Waals surface area contributed by atoms with Crippen LogP contribution in [0.5, 0.6) is 5.75 Å². The number of amides is 1. The molecule has 18 heavy (non-hydrogen) atoms. The second-order valence-corrected chi connectivity index (χ2v) is 4.98. The van der Waals surface area contributed by atoms with E-state index in [1.165, 1.54) is 0 Å². The SMILES string of the molecule is Cc1ccc([C@@H](C)N)c(OC2CCN(C)C2=O)c1. The Morgan fingerprint density at radius 1 is 1.50 bits per heavy atom. The lowest BCUT2D eigenvalue weighted by atomic mass is 10.1. The summed E-state index contributed by atoms with van der Waals surface area (Å²) < 4.78 is 5.86. The number of nitrogens with zero attached hydrogens (tertiary/aromatic N) is 1. The third-order valence-corrected chi connectivity index (χ3v) is 3.31. The van der Waals surface area contributed by atoms with Crippen molar-refractivity contribution in [2.45, 2.75) is 32.4 Å². The van der Waals surface area contributed by atoms with Crippen molar-refractivity contribution in [1.82, 2.24) is 4.90 Å². The summed E-state index contributed by atoms with van der Waals surface area (Å²) in [5, 5.41) is 0. The van der Waals surface area contributed by atoms with E-state index in [-0.39, 0.29) is 18.1 Å². The van der Waals surface area contributed by atoms with Crippen LogP contribution in [0.1, 0.15) is 30.5 Å². The number of likely N-dealkylation sites (tertiary alicyclic amines) is 1. The molecule has 0 bridgehead atoms. The van der Waals surface area contributed by atoms with Gasteiger partial charge in [0.15, 0.2) is 6.10 Å². The van der Waals surface area contributed by atoms with Gasteiger partial charge in [0, 0.05) is 31.6 Å². The molecule has 1 fully saturated rings. The first-order valence-electron chi connectivity index (χ1n) is 6.27. The molecule has 4 heteroatoms. The zero-order chi connectivity index (χ0) is 13.3. The van der Waals surface area contributed by atoms with E-state index in [0.717, 1.165) is 29.8 Å². The summed E-state index contributed by atoms with van der Waals surface area (Å²) >= 11 is 0. The Kier molecular flexibility index (Phi) is 3.57. The highest BCUT2D eigenvalue weighted by Gasteiger charge is 2.31. The highest BCUT2D eigenvalue weighted by atomic mass is 16.5. The van der Waals surface area contributed by atoms with Crippen molar-refractivity contribution >= 4 is 5.91 Å². The Bertz CT molecular complexity index is 457. The quantitative estimate of drug-likeness (QED) is 0.884. The molecule has 0 aromatic heterocycles. The first kappa shape index (κ1) is 12.9. The second-order valence-electron chi connectivity index (χ2n) is 4.98. The number of carbonyl (C=O) groups is 1. The summed E-state index contributed by atoms with van der Waals surface area (Å²) in [7, 11) is 1.80. The molecule has 1 saturated heterocycles. The average molecular weight is 248 g/mol. The van der Waals surface area contributed by atoms with E-state index in [9.17, 15) is 4.79 Å². The molecule has 0 saturated carbocycles. The zero-order valence-electron chi connectivity index (χ0n) is 11.1. The third-order valence-electron chi connectivity index (χ3n) is 3.31. The normalized spacial score (nSPS) is 21.2. The van der Waals surface area contributed by atoms with Crippen LogP contribution in [0.3, 0.4) is 0 Å². The highest BCUT2D eigenvalue weighted by Crippen LogP contribution is 2.28. The molecule has 2 atom stereocenters. The molecule has 2 rings (SSSR count). The highest BCUT2D eigenvalue weighted by molar-refractivity contribution is 5.83. The first-order valence-corrected chi connectivity index (χ1v) is 6.27. The largest absolute Gasteiger partial charge is 0.480 e. The van der Waals surface area contributed by atoms with Gasteiger partial charge in [0.1, 0.15) is 5.75 Å². The van der Waals surface area contributed by atoms with E-state index >= 15 is 0 Å². The Morgan fingerprint density at radius 3 is 2.78 bits per heavy atom. The predicted octanol–water partition coefficient (Wildman–Crippen LogP) is 1.62. The standard InChI is InChI=1S/C14H20N2O2/c1-9-4-5-11(10(2)15)13(8-9)18-12-6-7-16(3)14(12)17/h4-5,8,10,12H,6-7,15H2,1-3H3/t10-,12?/m1/s1. The molecule has 0 aliphatic carbocycles. The molecule has 1 aromatic carbocycles. The van der Waals surface area contributed by atoms with Gasteiger partial charge < -0.3 is 15.4 Å². The zero-order valence-corrected chi connectivity index (χ0v) is 11.1. The van der Waals surface area contributed by atoms with E-state index in [4.69, 9.17) is 10.5 Å². The van der Waals surface area contributed by atoms with Gasteiger partial charge in [-0.3, -0.25) is 4.79 Å². The monoisotopic (exact) mass is 248 g/mol. The summed E-state index contributed by atoms with van der Waals surface area (Å²) in [4.78, 5) is 13.5. The molecule has 1 heterocycles. The van der Waals surface area contributed by atoms with E-state index in [1.807, 2.05) is 32.0 Å². The molecule has 1 aliphatic rings. The number of ether oxygens (including phenoxy) is 1. The van der Waals surface area contributed by atoms with Crippen molar-refractivity contribution in [2.75, 3.05) is 13.6 Å². The minimum absolute atomic E-state index is 0.0483. The summed E-state index contributed by atoms with van der Waals surface area (Å²) in [6, 6.07) is 5.83. The number of benzene rings is 1. The minimum atomic E-state index is -0.366. The molecule has 0 radical (unpaired) electrons. The van der Waals surface area contributed by atoms with Crippen molar-refractivity contribution in [3.8, 4) is 5.75 Å². The van der Waals surface area contributed by atoms with Crippen molar-refractivity contribution < 1.29 is 9.53 Å². The fraction of sp³-hybridized carbons (Fsp3) is 0.500. The van der Waals surface area contributed by atoms with E-state index < -0.39 is 0 Å². The number of hydrogen-bond acceptors (Lipinski definition) is 3. The van der Waals surface area contributed by atoms with Crippen LogP contribution in [0, 0.1) is 6.92 Å². The van der Waals surface area contributed by atoms with Gasteiger partial charge >= 0.3 is 0 Å². The van der Waals surface area contributed by atoms with Gasteiger partial charge in [0.05, 0.1) is 0 Å². The molecule has 1 aromatic rings. The predicted molar refractivity (Wildman–Crippen MR) is 70.5 cm³/mol. The van der Waals surface area contributed by atoms with Crippen molar-refractivity contribution in [3.63, 3.8) is 0 Å². The van der Waals surface area contributed by atoms with Crippen LogP contribution in [0.2, 0.25) is 0 Å². The molecular formula is C14H20N2O2. The van der Waals surface area contributed by atoms with E-state index in [1.54, 1.807) is 11.9 Å². The van der Waals surface area contributed by atoms with Crippen molar-refractivity contribution in [2.24, 2.45) is 5.73 Å². The molecule has 0 spiro atoms. The summed E-state index contributed by atoms with van der Waals surface area (Å²) in [6.07, 6.45) is 0.371. The van der Waals surface area contributed by atoms with Crippen molar-refractivity contribution in [1.29, 1.82) is 0 Å². The van der Waals surface area contributed by atoms with Crippen LogP contribution in [-0.2, 0) is 4.79 Å². The maximum absolute atomic E-state index is 11.8. The lowest BCUT2D eigenvalue weighted by Gasteiger charge is -2.18. The van der Waals surface area contributed by atoms with Gasteiger partial charge in [-0.25, -0.2) is 0 Å². The van der Waals surface area contributed by atoms with Crippen LogP contribution in [0.4, 0.5) is 0 Å². The summed E-state index contributed by atoms with van der Waals surface area (Å²) in [5.41, 5.74) is 7.98. The maximum Gasteiger partial charge on any atom is 0.263 e. The van der Waals surface area contributed by atoms with E-state index in [2.05, 4.69) is 0 Å². The summed E-state index contributed by atoms with van der Waals surface area (Å²) in [6.45, 7) is 4.67. The number of likely N-dealkylation sites (N-methyl/N-ethyl adjacent to an activating group) is 1. The Labute approximate surface area is 108 Å². The fourth-order valence-electron chi connectivity index (χ4n) is 2.17. The average Bonchev–Trinajstić information content (AvgIpc) is 2.61. The first-order chi connectivity index (χ1) is 8.49. The topological polar surface area (TPSA) is 55.6 Å². The number of hydrogen-bond donors (Lipinski definition) is 1. The number of aryl methyl sites for hydroxylation is 1. The maximum atomic E-state index is 11.8. The van der Waals surface area contributed by atoms with Gasteiger partial charge in [-0.1, -0.05) is 12.1 Å². The lowest BCUT2D eigenvalue weighted by Crippen LogP contribution is -2.29. The van der Waals surface area contributed by atoms with Crippen LogP contribution >= 0.6 is 0 Å². The molecule has 4 nitrogen and oxygen atoms in total. The van der Waals surface area contributed by atoms with Gasteiger partial charge in [0.2, 0.25) is 0 Å². The molecule has 1 unspecified atom stereocenters. The molecule has 1 aliphatic heterocycles. The minimum Gasteiger partial charge on any atom is -0.480 e. The number of rotatable bonds is 3. The van der Waals surface area contributed by atoms with Gasteiger partial charge in [0.25, 0.3) is 5.91 Å². The molecule has 98 valence electrons. The molecular weight excluding hydrogens is 228 g/mol. The van der Waals surface area contributed by atoms with Crippen LogP contribution in [0.15, 0.2) is 18.2 Å². The Hall–Kier alpha value is -1.55. The molecule has 1 amide bonds. The second kappa shape index (κ2) is 4.98. The summed E-state index contributed by atoms with van der Waals surface area (Å²) in [5.74, 6) is 0.783. The third kappa shape index (κ3) is 2.48. The van der Waals surface area contributed by atoms with Crippen LogP contribution in [0.25, 0.3) is 0 Å². The number of nitrogens with two attached hydrogens (primary N) is 1. The molecule has 2 N–H and O–H groups in total. The van der Waals surface area contributed by atoms with Crippen LogP contribution in [-0.4, -0.2) is 30.5 Å². The van der Waals surface area contributed by atoms with Gasteiger partial charge in [-0.05, 0) is 25.5 Å². The lowest BCUT2D eigenvalue weighted by molar-refractivity contribution is -0.132. The van der Waals surface area contributed by atoms with Crippen molar-refractivity contribution in [3.05, 3.63) is 29.3 Å². The number of carbonyl (C=O) groups excluding carboxylic acids is 1. The smallest absolute Gasteiger partial charge is 0.263 e. The van der Waals surface area contributed by atoms with Gasteiger partial charge in [-0.15, -0.1) is 0 Å². The Balaban J connectivity index is 2.23. The Morgan fingerprint density at radius 2 is 2.22 bits per heavy atom. The fourth-order valence-corrected chi connectivity index (χ4v) is 2.17. The van der Waals surface area contributed by atoms with E-state index in [0.29, 0.717) is 0 Å².